The first-order chi connectivity index (χ1) is 14.0. The number of nitrogens with one attached hydrogen (secondary N) is 2. The number of hydrogen-bond donors (Lipinski definition) is 2. The zero-order valence-corrected chi connectivity index (χ0v) is 15.0. The number of para-hydroxylation sites is 3. The Bertz CT molecular complexity index is 1000. The lowest BCUT2D eigenvalue weighted by molar-refractivity contribution is -0.385. The Morgan fingerprint density at radius 1 is 1.14 bits per heavy atom. The summed E-state index contributed by atoms with van der Waals surface area (Å²) < 4.78 is 5.30. The number of hydrogen-bond acceptors (Lipinski definition) is 6. The number of nitro benzene ring substituents is 1. The normalized spacial score (nSPS) is 12.8. The Morgan fingerprint density at radius 2 is 1.86 bits per heavy atom. The molecule has 1 heterocycles. The predicted molar refractivity (Wildman–Crippen MR) is 103 cm³/mol. The molecule has 0 radical (unpaired) electrons. The van der Waals surface area contributed by atoms with Crippen LogP contribution in [-0.4, -0.2) is 35.8 Å². The van der Waals surface area contributed by atoms with Crippen LogP contribution in [0.1, 0.15) is 5.56 Å². The van der Waals surface area contributed by atoms with Crippen molar-refractivity contribution in [3.05, 3.63) is 70.3 Å². The summed E-state index contributed by atoms with van der Waals surface area (Å²) in [5.74, 6) is -1.22. The number of hydrazine groups is 1. The number of carbonyl (C=O) groups excluding carboxylic acids is 3. The van der Waals surface area contributed by atoms with E-state index < -0.39 is 16.7 Å². The SMILES string of the molecule is O=C(/C=C/c1ccccc1[N+](=O)[O-])NNC(=O)CN1C(=O)COc2ccccc21. The summed E-state index contributed by atoms with van der Waals surface area (Å²) in [6.45, 7) is -0.497. The molecular formula is C19H16N4O6. The molecule has 3 amide bonds. The molecule has 10 heteroatoms. The number of carbonyl (C=O) groups is 3. The first kappa shape index (κ1) is 19.5. The van der Waals surface area contributed by atoms with E-state index in [9.17, 15) is 24.5 Å². The minimum Gasteiger partial charge on any atom is -0.482 e. The first-order valence-corrected chi connectivity index (χ1v) is 8.48. The third-order valence-electron chi connectivity index (χ3n) is 3.98. The topological polar surface area (TPSA) is 131 Å². The van der Waals surface area contributed by atoms with E-state index in [1.165, 1.54) is 29.2 Å². The molecule has 0 unspecified atom stereocenters. The fraction of sp³-hybridized carbons (Fsp3) is 0.105. The molecule has 0 saturated carbocycles. The quantitative estimate of drug-likeness (QED) is 0.443. The van der Waals surface area contributed by atoms with E-state index in [0.717, 1.165) is 6.08 Å². The van der Waals surface area contributed by atoms with Crippen molar-refractivity contribution in [2.45, 2.75) is 0 Å². The molecule has 0 fully saturated rings. The first-order valence-electron chi connectivity index (χ1n) is 8.48. The van der Waals surface area contributed by atoms with Crippen LogP contribution >= 0.6 is 0 Å². The van der Waals surface area contributed by atoms with Gasteiger partial charge in [-0.1, -0.05) is 24.3 Å². The molecule has 0 bridgehead atoms. The molecule has 3 rings (SSSR count). The highest BCUT2D eigenvalue weighted by molar-refractivity contribution is 6.02. The lowest BCUT2D eigenvalue weighted by atomic mass is 10.1. The van der Waals surface area contributed by atoms with Crippen LogP contribution in [0.5, 0.6) is 5.75 Å². The van der Waals surface area contributed by atoms with Gasteiger partial charge in [-0.25, -0.2) is 0 Å². The van der Waals surface area contributed by atoms with Crippen LogP contribution in [0.3, 0.4) is 0 Å². The van der Waals surface area contributed by atoms with Crippen molar-refractivity contribution in [2.75, 3.05) is 18.1 Å². The van der Waals surface area contributed by atoms with Crippen LogP contribution in [0.2, 0.25) is 0 Å². The van der Waals surface area contributed by atoms with Gasteiger partial charge in [-0.2, -0.15) is 0 Å². The third-order valence-corrected chi connectivity index (χ3v) is 3.98. The number of rotatable bonds is 5. The van der Waals surface area contributed by atoms with Crippen molar-refractivity contribution >= 4 is 35.2 Å². The van der Waals surface area contributed by atoms with Gasteiger partial charge in [0.2, 0.25) is 0 Å². The molecule has 1 aliphatic rings. The van der Waals surface area contributed by atoms with Gasteiger partial charge in [-0.15, -0.1) is 0 Å². The summed E-state index contributed by atoms with van der Waals surface area (Å²) in [5, 5.41) is 11.0. The fourth-order valence-electron chi connectivity index (χ4n) is 2.64. The van der Waals surface area contributed by atoms with Crippen molar-refractivity contribution < 1.29 is 24.0 Å². The number of nitro groups is 1. The number of ether oxygens (including phenoxy) is 1. The predicted octanol–water partition coefficient (Wildman–Crippen LogP) is 1.18. The van der Waals surface area contributed by atoms with Crippen molar-refractivity contribution in [1.82, 2.24) is 10.9 Å². The van der Waals surface area contributed by atoms with Crippen molar-refractivity contribution in [3.63, 3.8) is 0 Å². The zero-order chi connectivity index (χ0) is 20.8. The number of nitrogens with zero attached hydrogens (tertiary/aromatic N) is 2. The Balaban J connectivity index is 1.57. The highest BCUT2D eigenvalue weighted by atomic mass is 16.6. The average Bonchev–Trinajstić information content (AvgIpc) is 2.73. The third kappa shape index (κ3) is 4.75. The molecule has 0 aromatic heterocycles. The van der Waals surface area contributed by atoms with Gasteiger partial charge in [-0.05, 0) is 24.3 Å². The van der Waals surface area contributed by atoms with E-state index in [1.54, 1.807) is 30.3 Å². The second-order valence-electron chi connectivity index (χ2n) is 5.92. The van der Waals surface area contributed by atoms with E-state index in [0.29, 0.717) is 11.4 Å². The Morgan fingerprint density at radius 3 is 2.66 bits per heavy atom. The van der Waals surface area contributed by atoms with Gasteiger partial charge in [0.25, 0.3) is 23.4 Å². The van der Waals surface area contributed by atoms with Crippen LogP contribution in [0.4, 0.5) is 11.4 Å². The highest BCUT2D eigenvalue weighted by Gasteiger charge is 2.26. The molecule has 2 aromatic carbocycles. The molecule has 0 aliphatic carbocycles. The van der Waals surface area contributed by atoms with Gasteiger partial charge >= 0.3 is 0 Å². The van der Waals surface area contributed by atoms with E-state index >= 15 is 0 Å². The molecule has 1 aliphatic heterocycles. The summed E-state index contributed by atoms with van der Waals surface area (Å²) in [6, 6.07) is 12.7. The maximum Gasteiger partial charge on any atom is 0.276 e. The van der Waals surface area contributed by atoms with E-state index in [1.807, 2.05) is 0 Å². The van der Waals surface area contributed by atoms with E-state index in [2.05, 4.69) is 10.9 Å². The summed E-state index contributed by atoms with van der Waals surface area (Å²) >= 11 is 0. The van der Waals surface area contributed by atoms with Gasteiger partial charge in [0.1, 0.15) is 12.3 Å². The molecule has 0 saturated heterocycles. The second-order valence-corrected chi connectivity index (χ2v) is 5.92. The van der Waals surface area contributed by atoms with Gasteiger partial charge < -0.3 is 4.74 Å². The average molecular weight is 396 g/mol. The smallest absolute Gasteiger partial charge is 0.276 e. The van der Waals surface area contributed by atoms with Gasteiger partial charge in [0, 0.05) is 12.1 Å². The summed E-state index contributed by atoms with van der Waals surface area (Å²) in [4.78, 5) is 47.7. The molecule has 148 valence electrons. The van der Waals surface area contributed by atoms with Crippen molar-refractivity contribution in [3.8, 4) is 5.75 Å². The molecule has 29 heavy (non-hydrogen) atoms. The maximum atomic E-state index is 12.1. The van der Waals surface area contributed by atoms with E-state index in [-0.39, 0.29) is 30.3 Å². The number of fused-ring (bicyclic) bond motifs is 1. The van der Waals surface area contributed by atoms with Crippen LogP contribution in [-0.2, 0) is 14.4 Å². The second kappa shape index (κ2) is 8.65. The van der Waals surface area contributed by atoms with Crippen molar-refractivity contribution in [1.29, 1.82) is 0 Å². The lowest BCUT2D eigenvalue weighted by Gasteiger charge is -2.28. The van der Waals surface area contributed by atoms with E-state index in [4.69, 9.17) is 4.74 Å². The number of amides is 3. The van der Waals surface area contributed by atoms with Gasteiger partial charge in [0.05, 0.1) is 16.2 Å². The van der Waals surface area contributed by atoms with Crippen molar-refractivity contribution in [2.24, 2.45) is 0 Å². The minimum atomic E-state index is -0.690. The Kier molecular flexibility index (Phi) is 5.83. The maximum absolute atomic E-state index is 12.1. The number of anilines is 1. The zero-order valence-electron chi connectivity index (χ0n) is 15.0. The monoisotopic (exact) mass is 396 g/mol. The minimum absolute atomic E-state index is 0.148. The van der Waals surface area contributed by atoms with Crippen LogP contribution in [0.25, 0.3) is 6.08 Å². The molecule has 10 nitrogen and oxygen atoms in total. The van der Waals surface area contributed by atoms with Crippen LogP contribution in [0, 0.1) is 10.1 Å². The largest absolute Gasteiger partial charge is 0.482 e. The summed E-state index contributed by atoms with van der Waals surface area (Å²) in [6.07, 6.45) is 2.32. The van der Waals surface area contributed by atoms with Gasteiger partial charge in [-0.3, -0.25) is 40.2 Å². The van der Waals surface area contributed by atoms with Crippen LogP contribution < -0.4 is 20.5 Å². The highest BCUT2D eigenvalue weighted by Crippen LogP contribution is 2.31. The Hall–Kier alpha value is -4.21. The number of benzene rings is 2. The fourth-order valence-corrected chi connectivity index (χ4v) is 2.64. The Labute approximate surface area is 164 Å². The van der Waals surface area contributed by atoms with Crippen LogP contribution in [0.15, 0.2) is 54.6 Å². The molecule has 0 atom stereocenters. The molecule has 0 spiro atoms. The molecule has 2 aromatic rings. The summed E-state index contributed by atoms with van der Waals surface area (Å²) in [7, 11) is 0. The lowest BCUT2D eigenvalue weighted by Crippen LogP contribution is -2.49. The molecule has 2 N–H and O–H groups in total. The standard InChI is InChI=1S/C19H16N4O6/c24-17(10-9-13-5-1-2-6-14(13)23(27)28)20-21-18(25)11-22-15-7-3-4-8-16(15)29-12-19(22)26/h1-10H,11-12H2,(H,20,24)(H,21,25)/b10-9+. The molecular weight excluding hydrogens is 380 g/mol. The summed E-state index contributed by atoms with van der Waals surface area (Å²) in [5.41, 5.74) is 4.92. The van der Waals surface area contributed by atoms with Gasteiger partial charge in [0.15, 0.2) is 6.61 Å².